The molecule has 1 aromatic heterocycles. The van der Waals surface area contributed by atoms with Crippen molar-refractivity contribution in [3.8, 4) is 0 Å². The van der Waals surface area contributed by atoms with E-state index in [9.17, 15) is 14.0 Å². The largest absolute Gasteiger partial charge is 0.356 e. The average Bonchev–Trinajstić information content (AvgIpc) is 3.42. The van der Waals surface area contributed by atoms with Gasteiger partial charge >= 0.3 is 0 Å². The van der Waals surface area contributed by atoms with Crippen molar-refractivity contribution in [2.75, 3.05) is 19.6 Å². The van der Waals surface area contributed by atoms with Crippen LogP contribution < -0.4 is 5.32 Å². The second-order valence-corrected chi connectivity index (χ2v) is 8.13. The summed E-state index contributed by atoms with van der Waals surface area (Å²) in [5, 5.41) is 7.11. The SMILES string of the molecule is Cn1cc(C2CC2C(=O)N2CCC(C(=O)NCCc3ccccc3F)CC2)cn1. The quantitative estimate of drug-likeness (QED) is 0.812. The molecule has 2 atom stereocenters. The van der Waals surface area contributed by atoms with Crippen LogP contribution in [0.15, 0.2) is 36.7 Å². The van der Waals surface area contributed by atoms with E-state index in [-0.39, 0.29) is 35.4 Å². The van der Waals surface area contributed by atoms with Gasteiger partial charge in [-0.1, -0.05) is 18.2 Å². The molecule has 2 heterocycles. The molecule has 1 N–H and O–H groups in total. The highest BCUT2D eigenvalue weighted by molar-refractivity contribution is 5.84. The maximum absolute atomic E-state index is 13.6. The Kier molecular flexibility index (Phi) is 5.65. The molecule has 4 rings (SSSR count). The number of halogens is 1. The summed E-state index contributed by atoms with van der Waals surface area (Å²) in [7, 11) is 1.88. The van der Waals surface area contributed by atoms with E-state index in [1.807, 2.05) is 24.3 Å². The number of carbonyl (C=O) groups is 2. The number of carbonyl (C=O) groups excluding carboxylic acids is 2. The van der Waals surface area contributed by atoms with E-state index >= 15 is 0 Å². The summed E-state index contributed by atoms with van der Waals surface area (Å²) in [6.45, 7) is 1.68. The van der Waals surface area contributed by atoms with Gasteiger partial charge in [-0.2, -0.15) is 5.10 Å². The van der Waals surface area contributed by atoms with E-state index in [1.54, 1.807) is 22.9 Å². The van der Waals surface area contributed by atoms with Gasteiger partial charge in [-0.3, -0.25) is 14.3 Å². The molecule has 1 saturated carbocycles. The molecule has 154 valence electrons. The highest BCUT2D eigenvalue weighted by atomic mass is 19.1. The van der Waals surface area contributed by atoms with Gasteiger partial charge in [0.2, 0.25) is 11.8 Å². The molecule has 0 spiro atoms. The predicted octanol–water partition coefficient (Wildman–Crippen LogP) is 2.26. The van der Waals surface area contributed by atoms with Crippen LogP contribution in [-0.2, 0) is 23.1 Å². The Hall–Kier alpha value is -2.70. The number of hydrogen-bond acceptors (Lipinski definition) is 3. The van der Waals surface area contributed by atoms with E-state index in [0.29, 0.717) is 44.5 Å². The molecule has 2 aromatic rings. The first-order valence-corrected chi connectivity index (χ1v) is 10.3. The Morgan fingerprint density at radius 2 is 2.00 bits per heavy atom. The third kappa shape index (κ3) is 4.49. The third-order valence-electron chi connectivity index (χ3n) is 6.09. The lowest BCUT2D eigenvalue weighted by Gasteiger charge is -2.31. The van der Waals surface area contributed by atoms with Crippen molar-refractivity contribution in [3.63, 3.8) is 0 Å². The predicted molar refractivity (Wildman–Crippen MR) is 106 cm³/mol. The summed E-state index contributed by atoms with van der Waals surface area (Å²) >= 11 is 0. The fraction of sp³-hybridized carbons (Fsp3) is 0.500. The summed E-state index contributed by atoms with van der Waals surface area (Å²) in [6.07, 6.45) is 6.56. The van der Waals surface area contributed by atoms with Crippen molar-refractivity contribution < 1.29 is 14.0 Å². The minimum absolute atomic E-state index is 0.00750. The molecular formula is C22H27FN4O2. The van der Waals surface area contributed by atoms with Gasteiger partial charge in [0.15, 0.2) is 0 Å². The minimum Gasteiger partial charge on any atom is -0.356 e. The molecule has 6 nitrogen and oxygen atoms in total. The maximum atomic E-state index is 13.6. The number of amides is 2. The molecule has 2 unspecified atom stereocenters. The molecule has 2 fully saturated rings. The Morgan fingerprint density at radius 3 is 2.69 bits per heavy atom. The zero-order chi connectivity index (χ0) is 20.4. The van der Waals surface area contributed by atoms with Crippen LogP contribution in [-0.4, -0.2) is 46.1 Å². The van der Waals surface area contributed by atoms with Crippen molar-refractivity contribution >= 4 is 11.8 Å². The second kappa shape index (κ2) is 8.35. The number of aromatic nitrogens is 2. The summed E-state index contributed by atoms with van der Waals surface area (Å²) in [5.41, 5.74) is 1.75. The van der Waals surface area contributed by atoms with E-state index in [2.05, 4.69) is 10.4 Å². The molecule has 1 saturated heterocycles. The maximum Gasteiger partial charge on any atom is 0.226 e. The van der Waals surface area contributed by atoms with Gasteiger partial charge in [0.25, 0.3) is 0 Å². The highest BCUT2D eigenvalue weighted by Crippen LogP contribution is 2.48. The van der Waals surface area contributed by atoms with Crippen molar-refractivity contribution in [2.45, 2.75) is 31.6 Å². The van der Waals surface area contributed by atoms with E-state index in [1.165, 1.54) is 6.07 Å². The highest BCUT2D eigenvalue weighted by Gasteiger charge is 2.46. The Morgan fingerprint density at radius 1 is 1.24 bits per heavy atom. The molecular weight excluding hydrogens is 371 g/mol. The molecule has 7 heteroatoms. The van der Waals surface area contributed by atoms with Crippen molar-refractivity contribution in [2.24, 2.45) is 18.9 Å². The third-order valence-corrected chi connectivity index (χ3v) is 6.09. The number of aryl methyl sites for hydroxylation is 1. The summed E-state index contributed by atoms with van der Waals surface area (Å²) in [4.78, 5) is 27.1. The zero-order valence-electron chi connectivity index (χ0n) is 16.7. The van der Waals surface area contributed by atoms with Crippen LogP contribution in [0, 0.1) is 17.7 Å². The normalized spacial score (nSPS) is 21.8. The zero-order valence-corrected chi connectivity index (χ0v) is 16.7. The molecule has 2 aliphatic rings. The standard InChI is InChI=1S/C22H27FN4O2/c1-26-14-17(13-25-26)18-12-19(18)22(29)27-10-7-16(8-11-27)21(28)24-9-6-15-4-2-3-5-20(15)23/h2-5,13-14,16,18-19H,6-12H2,1H3,(H,24,28). The van der Waals surface area contributed by atoms with Crippen LogP contribution in [0.4, 0.5) is 4.39 Å². The fourth-order valence-electron chi connectivity index (χ4n) is 4.23. The lowest BCUT2D eigenvalue weighted by Crippen LogP contribution is -2.44. The van der Waals surface area contributed by atoms with Crippen molar-refractivity contribution in [1.29, 1.82) is 0 Å². The van der Waals surface area contributed by atoms with E-state index < -0.39 is 0 Å². The number of piperidine rings is 1. The van der Waals surface area contributed by atoms with Crippen LogP contribution in [0.2, 0.25) is 0 Å². The minimum atomic E-state index is -0.238. The van der Waals surface area contributed by atoms with Crippen LogP contribution in [0.5, 0.6) is 0 Å². The van der Waals surface area contributed by atoms with Gasteiger partial charge in [0.1, 0.15) is 5.82 Å². The number of nitrogens with zero attached hydrogens (tertiary/aromatic N) is 3. The van der Waals surface area contributed by atoms with Gasteiger partial charge in [0.05, 0.1) is 6.20 Å². The van der Waals surface area contributed by atoms with Gasteiger partial charge in [-0.25, -0.2) is 4.39 Å². The Bertz CT molecular complexity index is 888. The van der Waals surface area contributed by atoms with Crippen LogP contribution >= 0.6 is 0 Å². The summed E-state index contributed by atoms with van der Waals surface area (Å²) in [6, 6.07) is 6.63. The van der Waals surface area contributed by atoms with Gasteiger partial charge < -0.3 is 10.2 Å². The topological polar surface area (TPSA) is 67.2 Å². The molecule has 1 aliphatic heterocycles. The molecule has 2 amide bonds. The van der Waals surface area contributed by atoms with Gasteiger partial charge in [-0.05, 0) is 48.8 Å². The van der Waals surface area contributed by atoms with E-state index in [0.717, 1.165) is 12.0 Å². The lowest BCUT2D eigenvalue weighted by atomic mass is 9.95. The second-order valence-electron chi connectivity index (χ2n) is 8.13. The molecule has 1 aromatic carbocycles. The number of rotatable bonds is 6. The molecule has 0 bridgehead atoms. The fourth-order valence-corrected chi connectivity index (χ4v) is 4.23. The van der Waals surface area contributed by atoms with Crippen molar-refractivity contribution in [1.82, 2.24) is 20.0 Å². The number of nitrogens with one attached hydrogen (secondary N) is 1. The monoisotopic (exact) mass is 398 g/mol. The van der Waals surface area contributed by atoms with Crippen LogP contribution in [0.1, 0.15) is 36.3 Å². The summed E-state index contributed by atoms with van der Waals surface area (Å²) < 4.78 is 15.4. The Balaban J connectivity index is 1.20. The smallest absolute Gasteiger partial charge is 0.226 e. The molecule has 1 aliphatic carbocycles. The van der Waals surface area contributed by atoms with Gasteiger partial charge in [-0.15, -0.1) is 0 Å². The van der Waals surface area contributed by atoms with Crippen LogP contribution in [0.3, 0.4) is 0 Å². The molecule has 0 radical (unpaired) electrons. The van der Waals surface area contributed by atoms with Gasteiger partial charge in [0, 0.05) is 44.7 Å². The first kappa shape index (κ1) is 19.6. The number of benzene rings is 1. The van der Waals surface area contributed by atoms with Crippen LogP contribution in [0.25, 0.3) is 0 Å². The first-order chi connectivity index (χ1) is 14.0. The number of hydrogen-bond donors (Lipinski definition) is 1. The average molecular weight is 398 g/mol. The van der Waals surface area contributed by atoms with E-state index in [4.69, 9.17) is 0 Å². The van der Waals surface area contributed by atoms with Crippen molar-refractivity contribution in [3.05, 3.63) is 53.6 Å². The Labute approximate surface area is 170 Å². The number of likely N-dealkylation sites (tertiary alicyclic amines) is 1. The first-order valence-electron chi connectivity index (χ1n) is 10.3. The summed E-state index contributed by atoms with van der Waals surface area (Å²) in [5.74, 6) is 0.248. The molecule has 29 heavy (non-hydrogen) atoms. The lowest BCUT2D eigenvalue weighted by molar-refractivity contribution is -0.136.